The molecule has 0 unspecified atom stereocenters. The number of fused-ring (bicyclic) bond motifs is 1. The molecule has 3 aromatic carbocycles. The number of aryl methyl sites for hydroxylation is 1. The Labute approximate surface area is 187 Å². The zero-order valence-electron chi connectivity index (χ0n) is 17.2. The second-order valence-corrected chi connectivity index (χ2v) is 7.91. The van der Waals surface area contributed by atoms with Gasteiger partial charge in [0.15, 0.2) is 5.16 Å². The first-order chi connectivity index (χ1) is 15.5. The smallest absolute Gasteiger partial charge is 0.266 e. The van der Waals surface area contributed by atoms with E-state index in [1.165, 1.54) is 22.9 Å². The summed E-state index contributed by atoms with van der Waals surface area (Å²) in [6, 6.07) is 20.4. The fourth-order valence-corrected chi connectivity index (χ4v) is 3.92. The van der Waals surface area contributed by atoms with Crippen LogP contribution >= 0.6 is 11.8 Å². The average molecular weight is 447 g/mol. The Balaban J connectivity index is 1.57. The SMILES string of the molecule is Cc1ccccc1-n1c(SCC(=O)NN=Cc2ccc(F)cc2)nc2ccccc2c1=O. The van der Waals surface area contributed by atoms with Gasteiger partial charge in [-0.2, -0.15) is 5.10 Å². The van der Waals surface area contributed by atoms with Crippen LogP contribution < -0.4 is 11.0 Å². The lowest BCUT2D eigenvalue weighted by atomic mass is 10.2. The van der Waals surface area contributed by atoms with Crippen molar-refractivity contribution in [3.8, 4) is 5.69 Å². The number of nitrogens with one attached hydrogen (secondary N) is 1. The van der Waals surface area contributed by atoms with E-state index in [9.17, 15) is 14.0 Å². The highest BCUT2D eigenvalue weighted by atomic mass is 32.2. The van der Waals surface area contributed by atoms with Crippen molar-refractivity contribution < 1.29 is 9.18 Å². The second-order valence-electron chi connectivity index (χ2n) is 6.97. The molecule has 0 bridgehead atoms. The third-order valence-corrected chi connectivity index (χ3v) is 5.65. The van der Waals surface area contributed by atoms with Crippen LogP contribution in [0, 0.1) is 12.7 Å². The molecule has 1 amide bonds. The van der Waals surface area contributed by atoms with Gasteiger partial charge in [-0.15, -0.1) is 0 Å². The normalized spacial score (nSPS) is 11.2. The summed E-state index contributed by atoms with van der Waals surface area (Å²) >= 11 is 1.15. The third-order valence-electron chi connectivity index (χ3n) is 4.71. The molecule has 0 saturated carbocycles. The Morgan fingerprint density at radius 2 is 1.81 bits per heavy atom. The first-order valence-corrected chi connectivity index (χ1v) is 10.8. The molecule has 6 nitrogen and oxygen atoms in total. The fraction of sp³-hybridized carbons (Fsp3) is 0.0833. The van der Waals surface area contributed by atoms with Gasteiger partial charge in [0.25, 0.3) is 11.5 Å². The molecule has 1 N–H and O–H groups in total. The fourth-order valence-electron chi connectivity index (χ4n) is 3.13. The summed E-state index contributed by atoms with van der Waals surface area (Å²) in [5.41, 5.74) is 5.11. The van der Waals surface area contributed by atoms with Gasteiger partial charge in [0, 0.05) is 0 Å². The van der Waals surface area contributed by atoms with Crippen molar-refractivity contribution in [3.05, 3.63) is 100 Å². The molecule has 8 heteroatoms. The lowest BCUT2D eigenvalue weighted by Crippen LogP contribution is -2.24. The molecule has 0 aliphatic heterocycles. The zero-order valence-corrected chi connectivity index (χ0v) is 18.0. The quantitative estimate of drug-likeness (QED) is 0.210. The molecule has 0 spiro atoms. The largest absolute Gasteiger partial charge is 0.272 e. The maximum Gasteiger partial charge on any atom is 0.266 e. The van der Waals surface area contributed by atoms with E-state index in [0.717, 1.165) is 17.3 Å². The van der Waals surface area contributed by atoms with E-state index in [1.807, 2.05) is 37.3 Å². The molecule has 32 heavy (non-hydrogen) atoms. The Bertz CT molecular complexity index is 1370. The molecular weight excluding hydrogens is 427 g/mol. The first-order valence-electron chi connectivity index (χ1n) is 9.81. The van der Waals surface area contributed by atoms with Crippen molar-refractivity contribution in [1.29, 1.82) is 0 Å². The number of hydrogen-bond donors (Lipinski definition) is 1. The molecule has 0 saturated heterocycles. The van der Waals surface area contributed by atoms with Crippen molar-refractivity contribution in [2.45, 2.75) is 12.1 Å². The Morgan fingerprint density at radius 3 is 2.59 bits per heavy atom. The summed E-state index contributed by atoms with van der Waals surface area (Å²) in [5, 5.41) is 4.82. The maximum atomic E-state index is 13.3. The zero-order chi connectivity index (χ0) is 22.5. The molecule has 4 rings (SSSR count). The number of nitrogens with zero attached hydrogens (tertiary/aromatic N) is 3. The van der Waals surface area contributed by atoms with E-state index in [0.29, 0.717) is 27.3 Å². The lowest BCUT2D eigenvalue weighted by Gasteiger charge is -2.14. The Kier molecular flexibility index (Phi) is 6.42. The van der Waals surface area contributed by atoms with Crippen molar-refractivity contribution in [3.63, 3.8) is 0 Å². The van der Waals surface area contributed by atoms with Gasteiger partial charge in [-0.3, -0.25) is 14.2 Å². The van der Waals surface area contributed by atoms with Gasteiger partial charge in [0.05, 0.1) is 28.6 Å². The van der Waals surface area contributed by atoms with Gasteiger partial charge in [-0.05, 0) is 48.4 Å². The number of para-hydroxylation sites is 2. The van der Waals surface area contributed by atoms with Crippen molar-refractivity contribution >= 4 is 34.8 Å². The molecule has 0 aliphatic rings. The van der Waals surface area contributed by atoms with E-state index >= 15 is 0 Å². The first kappa shape index (κ1) is 21.5. The summed E-state index contributed by atoms with van der Waals surface area (Å²) in [6.07, 6.45) is 1.43. The number of halogens is 1. The monoisotopic (exact) mass is 446 g/mol. The van der Waals surface area contributed by atoms with Crippen LogP contribution in [0.5, 0.6) is 0 Å². The predicted octanol–water partition coefficient (Wildman–Crippen LogP) is 4.08. The number of rotatable bonds is 6. The molecule has 0 fully saturated rings. The third kappa shape index (κ3) is 4.76. The molecule has 0 aliphatic carbocycles. The van der Waals surface area contributed by atoms with Crippen molar-refractivity contribution in [1.82, 2.24) is 15.0 Å². The highest BCUT2D eigenvalue weighted by Crippen LogP contribution is 2.22. The van der Waals surface area contributed by atoms with Crippen molar-refractivity contribution in [2.75, 3.05) is 5.75 Å². The van der Waals surface area contributed by atoms with Crippen LogP contribution in [0.4, 0.5) is 4.39 Å². The molecule has 0 atom stereocenters. The standard InChI is InChI=1S/C24H19FN4O2S/c1-16-6-2-5-9-21(16)29-23(31)19-7-3-4-8-20(19)27-24(29)32-15-22(30)28-26-14-17-10-12-18(25)13-11-17/h2-14H,15H2,1H3,(H,28,30). The van der Waals surface area contributed by atoms with E-state index in [4.69, 9.17) is 0 Å². The summed E-state index contributed by atoms with van der Waals surface area (Å²) in [5.74, 6) is -0.686. The summed E-state index contributed by atoms with van der Waals surface area (Å²) < 4.78 is 14.5. The predicted molar refractivity (Wildman–Crippen MR) is 125 cm³/mol. The molecule has 4 aromatic rings. The molecular formula is C24H19FN4O2S. The minimum Gasteiger partial charge on any atom is -0.272 e. The van der Waals surface area contributed by atoms with Gasteiger partial charge in [0.1, 0.15) is 5.82 Å². The van der Waals surface area contributed by atoms with Crippen LogP contribution in [0.1, 0.15) is 11.1 Å². The molecule has 1 aromatic heterocycles. The lowest BCUT2D eigenvalue weighted by molar-refractivity contribution is -0.118. The molecule has 1 heterocycles. The summed E-state index contributed by atoms with van der Waals surface area (Å²) in [7, 11) is 0. The minimum absolute atomic E-state index is 0.0113. The van der Waals surface area contributed by atoms with E-state index < -0.39 is 0 Å². The van der Waals surface area contributed by atoms with E-state index in [-0.39, 0.29) is 23.0 Å². The second kappa shape index (κ2) is 9.57. The highest BCUT2D eigenvalue weighted by molar-refractivity contribution is 7.99. The van der Waals surface area contributed by atoms with Crippen LogP contribution in [0.3, 0.4) is 0 Å². The van der Waals surface area contributed by atoms with Gasteiger partial charge < -0.3 is 0 Å². The molecule has 0 radical (unpaired) electrons. The maximum absolute atomic E-state index is 13.3. The number of hydrogen-bond acceptors (Lipinski definition) is 5. The number of aromatic nitrogens is 2. The Hall–Kier alpha value is -3.78. The number of carbonyl (C=O) groups excluding carboxylic acids is 1. The van der Waals surface area contributed by atoms with Gasteiger partial charge in [-0.1, -0.05) is 54.2 Å². The van der Waals surface area contributed by atoms with Gasteiger partial charge >= 0.3 is 0 Å². The van der Waals surface area contributed by atoms with Crippen LogP contribution in [-0.4, -0.2) is 27.4 Å². The summed E-state index contributed by atoms with van der Waals surface area (Å²) in [4.78, 5) is 30.2. The van der Waals surface area contributed by atoms with Gasteiger partial charge in [-0.25, -0.2) is 14.8 Å². The number of amides is 1. The van der Waals surface area contributed by atoms with Crippen LogP contribution in [0.15, 0.2) is 87.8 Å². The van der Waals surface area contributed by atoms with Crippen LogP contribution in [0.25, 0.3) is 16.6 Å². The highest BCUT2D eigenvalue weighted by Gasteiger charge is 2.15. The number of hydrazone groups is 1. The van der Waals surface area contributed by atoms with E-state index in [1.54, 1.807) is 30.3 Å². The van der Waals surface area contributed by atoms with Gasteiger partial charge in [0.2, 0.25) is 0 Å². The number of benzene rings is 3. The van der Waals surface area contributed by atoms with Crippen molar-refractivity contribution in [2.24, 2.45) is 5.10 Å². The number of thioether (sulfide) groups is 1. The summed E-state index contributed by atoms with van der Waals surface area (Å²) in [6.45, 7) is 1.92. The average Bonchev–Trinajstić information content (AvgIpc) is 2.80. The minimum atomic E-state index is -0.355. The molecule has 160 valence electrons. The topological polar surface area (TPSA) is 76.3 Å². The van der Waals surface area contributed by atoms with E-state index in [2.05, 4.69) is 15.5 Å². The Morgan fingerprint density at radius 1 is 1.09 bits per heavy atom. The van der Waals surface area contributed by atoms with Crippen LogP contribution in [0.2, 0.25) is 0 Å². The van der Waals surface area contributed by atoms with Crippen LogP contribution in [-0.2, 0) is 4.79 Å². The number of carbonyl (C=O) groups is 1.